The molecule has 1 aliphatic rings. The molecule has 0 atom stereocenters. The van der Waals surface area contributed by atoms with Crippen LogP contribution in [0, 0.1) is 13.8 Å². The molecule has 1 heteroatoms. The van der Waals surface area contributed by atoms with E-state index in [4.69, 9.17) is 0 Å². The van der Waals surface area contributed by atoms with Gasteiger partial charge >= 0.3 is 0 Å². The zero-order chi connectivity index (χ0) is 18.3. The summed E-state index contributed by atoms with van der Waals surface area (Å²) in [5, 5.41) is 0. The highest BCUT2D eigenvalue weighted by Gasteiger charge is 2.26. The first-order valence-corrected chi connectivity index (χ1v) is 9.33. The van der Waals surface area contributed by atoms with Crippen LogP contribution in [0.1, 0.15) is 83.6 Å². The highest BCUT2D eigenvalue weighted by atomic mass is 15.2. The molecule has 0 aromatic heterocycles. The molecule has 0 saturated carbocycles. The summed E-state index contributed by atoms with van der Waals surface area (Å²) in [5.41, 5.74) is 13.1. The molecule has 1 aromatic rings. The Morgan fingerprint density at radius 1 is 0.833 bits per heavy atom. The van der Waals surface area contributed by atoms with Crippen LogP contribution in [0.15, 0.2) is 22.8 Å². The predicted octanol–water partition coefficient (Wildman–Crippen LogP) is 6.79. The van der Waals surface area contributed by atoms with Crippen LogP contribution in [0.5, 0.6) is 0 Å². The topological polar surface area (TPSA) is 3.24 Å². The maximum absolute atomic E-state index is 2.62. The lowest BCUT2D eigenvalue weighted by molar-refractivity contribution is 0.696. The van der Waals surface area contributed by atoms with Crippen LogP contribution in [0.2, 0.25) is 0 Å². The second kappa shape index (κ2) is 6.78. The molecule has 132 valence electrons. The van der Waals surface area contributed by atoms with E-state index >= 15 is 0 Å². The highest BCUT2D eigenvalue weighted by Crippen LogP contribution is 2.43. The molecule has 0 N–H and O–H groups in total. The quantitative estimate of drug-likeness (QED) is 0.579. The minimum atomic E-state index is 0.484. The number of benzene rings is 1. The lowest BCUT2D eigenvalue weighted by Gasteiger charge is -2.38. The molecule has 0 spiro atoms. The first-order valence-electron chi connectivity index (χ1n) is 9.33. The molecule has 2 rings (SSSR count). The molecule has 0 amide bonds. The van der Waals surface area contributed by atoms with Crippen molar-refractivity contribution in [2.75, 3.05) is 11.4 Å². The van der Waals surface area contributed by atoms with Crippen molar-refractivity contribution in [2.24, 2.45) is 0 Å². The summed E-state index contributed by atoms with van der Waals surface area (Å²) in [4.78, 5) is 2.62. The van der Waals surface area contributed by atoms with Crippen molar-refractivity contribution in [3.8, 4) is 0 Å². The summed E-state index contributed by atoms with van der Waals surface area (Å²) in [6, 6.07) is 2.90. The van der Waals surface area contributed by atoms with Crippen molar-refractivity contribution in [1.29, 1.82) is 0 Å². The molecule has 1 aromatic carbocycles. The summed E-state index contributed by atoms with van der Waals surface area (Å²) in [6.45, 7) is 24.0. The molecule has 0 fully saturated rings. The van der Waals surface area contributed by atoms with Crippen LogP contribution in [-0.4, -0.2) is 12.6 Å². The molecule has 24 heavy (non-hydrogen) atoms. The van der Waals surface area contributed by atoms with Crippen LogP contribution in [0.3, 0.4) is 0 Å². The molecular formula is C23H35N. The lowest BCUT2D eigenvalue weighted by atomic mass is 9.83. The van der Waals surface area contributed by atoms with E-state index in [1.807, 2.05) is 0 Å². The standard InChI is InChI=1S/C23H35N/c1-13(2)21-11-15(5)18(8)22-20(10)19(9)17(7)16(6)12-24(14(3)4)23(21)22/h11,13-14H,12H2,1-10H3/b17-16-,20-19-. The largest absolute Gasteiger partial charge is 0.364 e. The van der Waals surface area contributed by atoms with E-state index in [2.05, 4.69) is 80.2 Å². The third-order valence-corrected chi connectivity index (χ3v) is 5.93. The number of rotatable bonds is 2. The van der Waals surface area contributed by atoms with Crippen LogP contribution < -0.4 is 4.90 Å². The average molecular weight is 326 g/mol. The fourth-order valence-corrected chi connectivity index (χ4v) is 3.82. The minimum Gasteiger partial charge on any atom is -0.364 e. The van der Waals surface area contributed by atoms with Crippen molar-refractivity contribution >= 4 is 11.3 Å². The summed E-state index contributed by atoms with van der Waals surface area (Å²) < 4.78 is 0. The van der Waals surface area contributed by atoms with Gasteiger partial charge in [-0.3, -0.25) is 0 Å². The van der Waals surface area contributed by atoms with Crippen molar-refractivity contribution in [3.63, 3.8) is 0 Å². The van der Waals surface area contributed by atoms with Crippen LogP contribution in [-0.2, 0) is 0 Å². The van der Waals surface area contributed by atoms with Gasteiger partial charge in [0.2, 0.25) is 0 Å². The highest BCUT2D eigenvalue weighted by molar-refractivity contribution is 5.85. The second-order valence-corrected chi connectivity index (χ2v) is 8.16. The Hall–Kier alpha value is -1.50. The van der Waals surface area contributed by atoms with E-state index in [-0.39, 0.29) is 0 Å². The smallest absolute Gasteiger partial charge is 0.0485 e. The molecule has 1 heterocycles. The summed E-state index contributed by atoms with van der Waals surface area (Å²) in [5.74, 6) is 0.525. The number of hydrogen-bond acceptors (Lipinski definition) is 1. The molecule has 0 aliphatic carbocycles. The van der Waals surface area contributed by atoms with E-state index in [0.717, 1.165) is 6.54 Å². The number of allylic oxidation sites excluding steroid dienone is 3. The zero-order valence-corrected chi connectivity index (χ0v) is 17.4. The number of aryl methyl sites for hydroxylation is 1. The van der Waals surface area contributed by atoms with Gasteiger partial charge in [0.05, 0.1) is 0 Å². The van der Waals surface area contributed by atoms with Crippen LogP contribution in [0.4, 0.5) is 5.69 Å². The third kappa shape index (κ3) is 3.06. The van der Waals surface area contributed by atoms with Crippen LogP contribution in [0.25, 0.3) is 5.57 Å². The van der Waals surface area contributed by atoms with Gasteiger partial charge in [-0.1, -0.05) is 25.5 Å². The predicted molar refractivity (Wildman–Crippen MR) is 109 cm³/mol. The molecule has 0 radical (unpaired) electrons. The maximum Gasteiger partial charge on any atom is 0.0485 e. The fourth-order valence-electron chi connectivity index (χ4n) is 3.82. The lowest BCUT2D eigenvalue weighted by Crippen LogP contribution is -2.35. The second-order valence-electron chi connectivity index (χ2n) is 8.16. The Balaban J connectivity index is 3.00. The Labute approximate surface area is 149 Å². The van der Waals surface area contributed by atoms with Gasteiger partial charge in [-0.25, -0.2) is 0 Å². The Morgan fingerprint density at radius 3 is 1.92 bits per heavy atom. The number of anilines is 1. The minimum absolute atomic E-state index is 0.484. The van der Waals surface area contributed by atoms with Gasteiger partial charge < -0.3 is 4.90 Å². The Bertz CT molecular complexity index is 714. The Morgan fingerprint density at radius 2 is 1.42 bits per heavy atom. The first-order chi connectivity index (χ1) is 11.1. The van der Waals surface area contributed by atoms with Crippen molar-refractivity contribution < 1.29 is 0 Å². The third-order valence-electron chi connectivity index (χ3n) is 5.93. The van der Waals surface area contributed by atoms with E-state index in [9.17, 15) is 0 Å². The number of nitrogens with zero attached hydrogens (tertiary/aromatic N) is 1. The number of hydrogen-bond donors (Lipinski definition) is 0. The van der Waals surface area contributed by atoms with Crippen molar-refractivity contribution in [2.45, 2.75) is 81.2 Å². The summed E-state index contributed by atoms with van der Waals surface area (Å²) in [7, 11) is 0. The maximum atomic E-state index is 2.62. The fraction of sp³-hybridized carbons (Fsp3) is 0.565. The number of fused-ring (bicyclic) bond motifs is 1. The van der Waals surface area contributed by atoms with Gasteiger partial charge in [-0.15, -0.1) is 0 Å². The van der Waals surface area contributed by atoms with Crippen LogP contribution >= 0.6 is 0 Å². The molecule has 0 bridgehead atoms. The first kappa shape index (κ1) is 18.8. The van der Waals surface area contributed by atoms with E-state index in [1.165, 1.54) is 50.2 Å². The molecular weight excluding hydrogens is 290 g/mol. The summed E-state index contributed by atoms with van der Waals surface area (Å²) >= 11 is 0. The SMILES string of the molecule is C/C1=C(C)/C(C)=C(/C)c2c(C)c(C)cc(C(C)C)c2N(C(C)C)C1. The van der Waals surface area contributed by atoms with Gasteiger partial charge in [-0.05, 0) is 94.7 Å². The van der Waals surface area contributed by atoms with Gasteiger partial charge in [0, 0.05) is 23.8 Å². The van der Waals surface area contributed by atoms with Gasteiger partial charge in [0.15, 0.2) is 0 Å². The van der Waals surface area contributed by atoms with Gasteiger partial charge in [-0.2, -0.15) is 0 Å². The van der Waals surface area contributed by atoms with Gasteiger partial charge in [0.1, 0.15) is 0 Å². The Kier molecular flexibility index (Phi) is 5.32. The van der Waals surface area contributed by atoms with Crippen molar-refractivity contribution in [3.05, 3.63) is 45.0 Å². The normalized spacial score (nSPS) is 22.1. The average Bonchev–Trinajstić information content (AvgIpc) is 2.51. The molecule has 0 saturated heterocycles. The molecule has 0 unspecified atom stereocenters. The van der Waals surface area contributed by atoms with E-state index < -0.39 is 0 Å². The monoisotopic (exact) mass is 325 g/mol. The molecule has 1 nitrogen and oxygen atoms in total. The molecule has 1 aliphatic heterocycles. The van der Waals surface area contributed by atoms with E-state index in [0.29, 0.717) is 12.0 Å². The van der Waals surface area contributed by atoms with Gasteiger partial charge in [0.25, 0.3) is 0 Å². The zero-order valence-electron chi connectivity index (χ0n) is 17.4. The van der Waals surface area contributed by atoms with E-state index in [1.54, 1.807) is 0 Å². The summed E-state index contributed by atoms with van der Waals surface area (Å²) in [6.07, 6.45) is 0. The van der Waals surface area contributed by atoms with Crippen molar-refractivity contribution in [1.82, 2.24) is 0 Å².